The van der Waals surface area contributed by atoms with E-state index in [-0.39, 0.29) is 17.1 Å². The number of nitrogens with zero attached hydrogens (tertiary/aromatic N) is 3. The van der Waals surface area contributed by atoms with Crippen LogP contribution < -0.4 is 4.90 Å². The highest BCUT2D eigenvalue weighted by molar-refractivity contribution is 6.34. The van der Waals surface area contributed by atoms with Crippen LogP contribution in [0.3, 0.4) is 0 Å². The molecule has 4 nitrogen and oxygen atoms in total. The first-order chi connectivity index (χ1) is 9.63. The molecule has 20 heavy (non-hydrogen) atoms. The second-order valence-corrected chi connectivity index (χ2v) is 4.80. The number of fused-ring (bicyclic) bond motifs is 1. The Bertz CT molecular complexity index is 658. The average molecular weight is 265 g/mol. The molecule has 0 saturated carbocycles. The fraction of sp³-hybridized carbons (Fsp3) is 0.312. The van der Waals surface area contributed by atoms with Crippen molar-refractivity contribution in [3.05, 3.63) is 34.9 Å². The van der Waals surface area contributed by atoms with Gasteiger partial charge in [0, 0.05) is 12.1 Å². The molecule has 1 aliphatic heterocycles. The van der Waals surface area contributed by atoms with Gasteiger partial charge in [-0.05, 0) is 25.5 Å². The third-order valence-electron chi connectivity index (χ3n) is 3.38. The maximum absolute atomic E-state index is 12.5. The molecule has 2 rings (SSSR count). The van der Waals surface area contributed by atoms with Gasteiger partial charge in [0.2, 0.25) is 0 Å². The highest BCUT2D eigenvalue weighted by Crippen LogP contribution is 2.38. The molecule has 0 N–H and O–H groups in total. The van der Waals surface area contributed by atoms with Crippen LogP contribution in [0.5, 0.6) is 0 Å². The Labute approximate surface area is 118 Å². The number of aryl methyl sites for hydroxylation is 1. The lowest BCUT2D eigenvalue weighted by Gasteiger charge is -2.16. The smallest absolute Gasteiger partial charge is 0.261 e. The van der Waals surface area contributed by atoms with Crippen molar-refractivity contribution >= 4 is 17.2 Å². The van der Waals surface area contributed by atoms with Gasteiger partial charge < -0.3 is 4.90 Å². The summed E-state index contributed by atoms with van der Waals surface area (Å²) in [6.45, 7) is 4.60. The van der Waals surface area contributed by atoms with Crippen LogP contribution in [-0.4, -0.2) is 12.5 Å². The molecule has 0 fully saturated rings. The van der Waals surface area contributed by atoms with Crippen molar-refractivity contribution < 1.29 is 4.79 Å². The molecule has 1 aromatic carbocycles. The monoisotopic (exact) mass is 265 g/mol. The molecule has 0 radical (unpaired) electrons. The zero-order valence-electron chi connectivity index (χ0n) is 11.6. The van der Waals surface area contributed by atoms with Gasteiger partial charge in [-0.1, -0.05) is 25.0 Å². The highest BCUT2D eigenvalue weighted by atomic mass is 16.2. The van der Waals surface area contributed by atoms with Gasteiger partial charge in [0.05, 0.1) is 11.3 Å². The van der Waals surface area contributed by atoms with Crippen LogP contribution in [0.25, 0.3) is 5.57 Å². The zero-order chi connectivity index (χ0) is 14.7. The lowest BCUT2D eigenvalue weighted by Crippen LogP contribution is -2.27. The Balaban J connectivity index is 2.63. The first kappa shape index (κ1) is 13.8. The maximum atomic E-state index is 12.5. The standard InChI is InChI=1S/C16H15N3O/c1-3-4-7-19-14-6-5-11(2)8-13(14)15(16(19)20)12(9-17)10-18/h5-6,8H,3-4,7H2,1-2H3. The normalized spacial score (nSPS) is 12.9. The van der Waals surface area contributed by atoms with Gasteiger partial charge in [-0.25, -0.2) is 0 Å². The number of carbonyl (C=O) groups excluding carboxylic acids is 1. The van der Waals surface area contributed by atoms with Crippen molar-refractivity contribution in [1.82, 2.24) is 0 Å². The van der Waals surface area contributed by atoms with E-state index in [0.717, 1.165) is 24.1 Å². The predicted molar refractivity (Wildman–Crippen MR) is 76.6 cm³/mol. The summed E-state index contributed by atoms with van der Waals surface area (Å²) in [4.78, 5) is 14.2. The minimum absolute atomic E-state index is 0.110. The molecular weight excluding hydrogens is 250 g/mol. The number of nitriles is 2. The van der Waals surface area contributed by atoms with Crippen LogP contribution in [0.4, 0.5) is 5.69 Å². The van der Waals surface area contributed by atoms with Gasteiger partial charge in [0.25, 0.3) is 5.91 Å². The summed E-state index contributed by atoms with van der Waals surface area (Å²) in [5.74, 6) is -0.239. The fourth-order valence-electron chi connectivity index (χ4n) is 2.36. The van der Waals surface area contributed by atoms with E-state index in [2.05, 4.69) is 6.92 Å². The summed E-state index contributed by atoms with van der Waals surface area (Å²) >= 11 is 0. The van der Waals surface area contributed by atoms with Crippen molar-refractivity contribution in [2.24, 2.45) is 0 Å². The number of allylic oxidation sites excluding steroid dienone is 1. The zero-order valence-corrected chi connectivity index (χ0v) is 11.6. The number of benzene rings is 1. The molecule has 1 aliphatic rings. The molecule has 4 heteroatoms. The van der Waals surface area contributed by atoms with E-state index in [1.54, 1.807) is 4.90 Å². The van der Waals surface area contributed by atoms with Crippen molar-refractivity contribution in [1.29, 1.82) is 10.5 Å². The number of rotatable bonds is 3. The molecule has 1 aromatic rings. The molecule has 0 atom stereocenters. The topological polar surface area (TPSA) is 67.9 Å². The van der Waals surface area contributed by atoms with Crippen molar-refractivity contribution in [3.8, 4) is 12.1 Å². The Kier molecular flexibility index (Phi) is 3.86. The van der Waals surface area contributed by atoms with Crippen LogP contribution in [-0.2, 0) is 4.79 Å². The van der Waals surface area contributed by atoms with Gasteiger partial charge in [-0.2, -0.15) is 10.5 Å². The van der Waals surface area contributed by atoms with Crippen molar-refractivity contribution in [2.75, 3.05) is 11.4 Å². The number of hydrogen-bond donors (Lipinski definition) is 0. The van der Waals surface area contributed by atoms with Crippen LogP contribution in [0.1, 0.15) is 30.9 Å². The lowest BCUT2D eigenvalue weighted by molar-refractivity contribution is -0.113. The van der Waals surface area contributed by atoms with E-state index >= 15 is 0 Å². The van der Waals surface area contributed by atoms with Crippen LogP contribution >= 0.6 is 0 Å². The first-order valence-electron chi connectivity index (χ1n) is 6.61. The van der Waals surface area contributed by atoms with Crippen LogP contribution in [0.15, 0.2) is 23.8 Å². The predicted octanol–water partition coefficient (Wildman–Crippen LogP) is 2.94. The fourth-order valence-corrected chi connectivity index (χ4v) is 2.36. The van der Waals surface area contributed by atoms with Crippen molar-refractivity contribution in [2.45, 2.75) is 26.7 Å². The number of amides is 1. The third kappa shape index (κ3) is 2.17. The second kappa shape index (κ2) is 5.59. The summed E-state index contributed by atoms with van der Waals surface area (Å²) in [6.07, 6.45) is 1.87. The summed E-state index contributed by atoms with van der Waals surface area (Å²) in [5, 5.41) is 18.1. The highest BCUT2D eigenvalue weighted by Gasteiger charge is 2.34. The molecule has 1 heterocycles. The Morgan fingerprint density at radius 3 is 2.60 bits per heavy atom. The minimum atomic E-state index is -0.239. The summed E-state index contributed by atoms with van der Waals surface area (Å²) in [7, 11) is 0. The van der Waals surface area contributed by atoms with E-state index in [4.69, 9.17) is 10.5 Å². The summed E-state index contributed by atoms with van der Waals surface area (Å²) in [6, 6.07) is 9.35. The number of hydrogen-bond acceptors (Lipinski definition) is 3. The molecule has 0 aromatic heterocycles. The molecule has 0 saturated heterocycles. The largest absolute Gasteiger partial charge is 0.308 e. The molecule has 0 unspecified atom stereocenters. The molecule has 0 aliphatic carbocycles. The van der Waals surface area contributed by atoms with E-state index in [9.17, 15) is 4.79 Å². The molecule has 0 bridgehead atoms. The van der Waals surface area contributed by atoms with E-state index in [1.165, 1.54) is 0 Å². The third-order valence-corrected chi connectivity index (χ3v) is 3.38. The Morgan fingerprint density at radius 1 is 1.30 bits per heavy atom. The summed E-state index contributed by atoms with van der Waals surface area (Å²) < 4.78 is 0. The minimum Gasteiger partial charge on any atom is -0.308 e. The lowest BCUT2D eigenvalue weighted by atomic mass is 10.0. The summed E-state index contributed by atoms with van der Waals surface area (Å²) in [5.41, 5.74) is 2.63. The Morgan fingerprint density at radius 2 is 2.00 bits per heavy atom. The van der Waals surface area contributed by atoms with Gasteiger partial charge in [-0.3, -0.25) is 4.79 Å². The van der Waals surface area contributed by atoms with E-state index in [0.29, 0.717) is 12.1 Å². The molecule has 100 valence electrons. The number of unbranched alkanes of at least 4 members (excludes halogenated alkanes) is 1. The van der Waals surface area contributed by atoms with Gasteiger partial charge >= 0.3 is 0 Å². The maximum Gasteiger partial charge on any atom is 0.261 e. The van der Waals surface area contributed by atoms with Crippen LogP contribution in [0.2, 0.25) is 0 Å². The van der Waals surface area contributed by atoms with E-state index < -0.39 is 0 Å². The average Bonchev–Trinajstić information content (AvgIpc) is 2.71. The van der Waals surface area contributed by atoms with Gasteiger partial charge in [0.1, 0.15) is 17.7 Å². The molecule has 0 spiro atoms. The molecular formula is C16H15N3O. The van der Waals surface area contributed by atoms with Gasteiger partial charge in [0.15, 0.2) is 0 Å². The second-order valence-electron chi connectivity index (χ2n) is 4.80. The van der Waals surface area contributed by atoms with Gasteiger partial charge in [-0.15, -0.1) is 0 Å². The van der Waals surface area contributed by atoms with Crippen LogP contribution in [0, 0.1) is 29.6 Å². The SMILES string of the molecule is CCCCN1C(=O)C(=C(C#N)C#N)c2cc(C)ccc21. The van der Waals surface area contributed by atoms with Crippen molar-refractivity contribution in [3.63, 3.8) is 0 Å². The quantitative estimate of drug-likeness (QED) is 0.623. The molecule has 1 amide bonds. The Hall–Kier alpha value is -2.59. The number of anilines is 1. The van der Waals surface area contributed by atoms with E-state index in [1.807, 2.05) is 37.3 Å². The first-order valence-corrected chi connectivity index (χ1v) is 6.61. The number of carbonyl (C=O) groups is 1.